The van der Waals surface area contributed by atoms with Gasteiger partial charge in [-0.3, -0.25) is 9.59 Å². The first-order valence-corrected chi connectivity index (χ1v) is 13.1. The monoisotopic (exact) mass is 453 g/mol. The third kappa shape index (κ3) is 4.58. The summed E-state index contributed by atoms with van der Waals surface area (Å²) in [5, 5.41) is 0.792. The predicted molar refractivity (Wildman–Crippen MR) is 128 cm³/mol. The maximum Gasteiger partial charge on any atom is 0.259 e. The third-order valence-corrected chi connectivity index (χ3v) is 8.54. The number of aryl methyl sites for hydroxylation is 2. The number of H-pyrrole nitrogens is 1. The lowest BCUT2D eigenvalue weighted by Crippen LogP contribution is -2.39. The molecule has 31 heavy (non-hydrogen) atoms. The molecule has 0 radical (unpaired) electrons. The summed E-state index contributed by atoms with van der Waals surface area (Å²) in [5.41, 5.74) is 2.57. The highest BCUT2D eigenvalue weighted by molar-refractivity contribution is 7.99. The van der Waals surface area contributed by atoms with E-state index in [9.17, 15) is 9.59 Å². The van der Waals surface area contributed by atoms with Crippen molar-refractivity contribution < 1.29 is 4.79 Å². The van der Waals surface area contributed by atoms with Gasteiger partial charge in [-0.15, -0.1) is 23.1 Å². The van der Waals surface area contributed by atoms with Crippen LogP contribution in [-0.2, 0) is 29.8 Å². The van der Waals surface area contributed by atoms with Crippen molar-refractivity contribution in [1.29, 1.82) is 0 Å². The second kappa shape index (κ2) is 9.17. The Morgan fingerprint density at radius 1 is 1.19 bits per heavy atom. The molecule has 1 fully saturated rings. The zero-order chi connectivity index (χ0) is 21.2. The lowest BCUT2D eigenvalue weighted by Gasteiger charge is -2.32. The molecular weight excluding hydrogens is 426 g/mol. The average molecular weight is 454 g/mol. The van der Waals surface area contributed by atoms with Crippen molar-refractivity contribution in [1.82, 2.24) is 14.9 Å². The highest BCUT2D eigenvalue weighted by Gasteiger charge is 2.23. The van der Waals surface area contributed by atoms with Gasteiger partial charge in [0.15, 0.2) is 0 Å². The number of fused-ring (bicyclic) bond motifs is 3. The molecule has 0 saturated carbocycles. The van der Waals surface area contributed by atoms with E-state index in [1.54, 1.807) is 23.1 Å². The number of carbonyl (C=O) groups is 1. The summed E-state index contributed by atoms with van der Waals surface area (Å²) in [7, 11) is 0. The van der Waals surface area contributed by atoms with Crippen LogP contribution in [0.5, 0.6) is 0 Å². The van der Waals surface area contributed by atoms with Crippen LogP contribution in [0.2, 0.25) is 0 Å². The number of rotatable bonds is 6. The fraction of sp³-hybridized carbons (Fsp3) is 0.458. The van der Waals surface area contributed by atoms with E-state index in [0.717, 1.165) is 61.8 Å². The summed E-state index contributed by atoms with van der Waals surface area (Å²) in [5.74, 6) is 2.53. The number of amides is 1. The molecule has 1 amide bonds. The second-order valence-corrected chi connectivity index (χ2v) is 10.6. The van der Waals surface area contributed by atoms with E-state index in [4.69, 9.17) is 0 Å². The Morgan fingerprint density at radius 2 is 2.00 bits per heavy atom. The maximum absolute atomic E-state index is 12.6. The normalized spacial score (nSPS) is 16.7. The minimum Gasteiger partial charge on any atom is -0.342 e. The molecule has 2 aliphatic rings. The number of hydrogen-bond acceptors (Lipinski definition) is 5. The molecule has 0 bridgehead atoms. The number of likely N-dealkylation sites (tertiary alicyclic amines) is 1. The van der Waals surface area contributed by atoms with Crippen LogP contribution in [0, 0.1) is 5.92 Å². The minimum atomic E-state index is -0.0215. The Balaban J connectivity index is 1.11. The smallest absolute Gasteiger partial charge is 0.259 e. The van der Waals surface area contributed by atoms with Gasteiger partial charge in [-0.25, -0.2) is 4.98 Å². The van der Waals surface area contributed by atoms with Crippen molar-refractivity contribution in [2.24, 2.45) is 5.92 Å². The highest BCUT2D eigenvalue weighted by Crippen LogP contribution is 2.34. The van der Waals surface area contributed by atoms with Crippen LogP contribution in [0.4, 0.5) is 0 Å². The van der Waals surface area contributed by atoms with Gasteiger partial charge in [0.1, 0.15) is 10.7 Å². The van der Waals surface area contributed by atoms with Gasteiger partial charge < -0.3 is 9.88 Å². The number of aromatic amines is 1. The molecule has 7 heteroatoms. The van der Waals surface area contributed by atoms with Crippen molar-refractivity contribution in [3.8, 4) is 0 Å². The van der Waals surface area contributed by atoms with Crippen molar-refractivity contribution in [3.63, 3.8) is 0 Å². The summed E-state index contributed by atoms with van der Waals surface area (Å²) < 4.78 is 0. The standard InChI is InChI=1S/C24H27N3O2S2/c28-21(27-11-9-17(10-12-27)13-16-5-2-1-3-6-16)15-30-14-20-25-23(29)22-18-7-4-8-19(18)31-24(22)26-20/h1-3,5-6,17H,4,7-15H2,(H,25,26,29). The first kappa shape index (κ1) is 20.8. The number of nitrogens with one attached hydrogen (secondary N) is 1. The quantitative estimate of drug-likeness (QED) is 0.608. The predicted octanol–water partition coefficient (Wildman–Crippen LogP) is 4.19. The molecule has 162 valence electrons. The Bertz CT molecular complexity index is 1130. The number of thioether (sulfide) groups is 1. The van der Waals surface area contributed by atoms with Crippen LogP contribution in [-0.4, -0.2) is 39.6 Å². The number of piperidine rings is 1. The molecule has 3 aromatic rings. The van der Waals surface area contributed by atoms with E-state index in [1.165, 1.54) is 16.0 Å². The van der Waals surface area contributed by atoms with Crippen LogP contribution in [0.25, 0.3) is 10.2 Å². The zero-order valence-corrected chi connectivity index (χ0v) is 19.2. The van der Waals surface area contributed by atoms with Crippen molar-refractivity contribution in [2.75, 3.05) is 18.8 Å². The summed E-state index contributed by atoms with van der Waals surface area (Å²) in [4.78, 5) is 37.0. The molecule has 2 aromatic heterocycles. The summed E-state index contributed by atoms with van der Waals surface area (Å²) in [6.07, 6.45) is 6.44. The number of carbonyl (C=O) groups excluding carboxylic acids is 1. The van der Waals surface area contributed by atoms with Crippen LogP contribution in [0.3, 0.4) is 0 Å². The van der Waals surface area contributed by atoms with E-state index in [0.29, 0.717) is 23.2 Å². The molecule has 1 aromatic carbocycles. The summed E-state index contributed by atoms with van der Waals surface area (Å²) >= 11 is 3.20. The minimum absolute atomic E-state index is 0.0215. The van der Waals surface area contributed by atoms with E-state index in [2.05, 4.69) is 40.3 Å². The SMILES string of the molecule is O=C(CSCc1nc2sc3c(c2c(=O)[nH]1)CCC3)N1CCC(Cc2ccccc2)CC1. The second-order valence-electron chi connectivity index (χ2n) is 8.56. The van der Waals surface area contributed by atoms with Crippen LogP contribution >= 0.6 is 23.1 Å². The molecule has 0 spiro atoms. The molecule has 5 nitrogen and oxygen atoms in total. The van der Waals surface area contributed by atoms with Gasteiger partial charge in [0.25, 0.3) is 5.56 Å². The van der Waals surface area contributed by atoms with Gasteiger partial charge >= 0.3 is 0 Å². The van der Waals surface area contributed by atoms with Crippen molar-refractivity contribution in [2.45, 2.75) is 44.3 Å². The topological polar surface area (TPSA) is 66.1 Å². The van der Waals surface area contributed by atoms with Gasteiger partial charge in [-0.1, -0.05) is 30.3 Å². The van der Waals surface area contributed by atoms with Crippen LogP contribution in [0.15, 0.2) is 35.1 Å². The van der Waals surface area contributed by atoms with Gasteiger partial charge in [-0.2, -0.15) is 0 Å². The van der Waals surface area contributed by atoms with Crippen molar-refractivity contribution in [3.05, 3.63) is 62.5 Å². The number of aromatic nitrogens is 2. The highest BCUT2D eigenvalue weighted by atomic mass is 32.2. The Morgan fingerprint density at radius 3 is 2.81 bits per heavy atom. The lowest BCUT2D eigenvalue weighted by atomic mass is 9.90. The fourth-order valence-corrected chi connectivity index (χ4v) is 6.85. The van der Waals surface area contributed by atoms with E-state index in [1.807, 2.05) is 4.90 Å². The third-order valence-electron chi connectivity index (χ3n) is 6.42. The van der Waals surface area contributed by atoms with Gasteiger partial charge in [0, 0.05) is 18.0 Å². The molecule has 1 aliphatic carbocycles. The molecule has 0 atom stereocenters. The molecule has 0 unspecified atom stereocenters. The number of thiophene rings is 1. The van der Waals surface area contributed by atoms with E-state index >= 15 is 0 Å². The largest absolute Gasteiger partial charge is 0.342 e. The molecule has 1 aliphatic heterocycles. The van der Waals surface area contributed by atoms with Crippen molar-refractivity contribution >= 4 is 39.2 Å². The summed E-state index contributed by atoms with van der Waals surface area (Å²) in [6.45, 7) is 1.69. The first-order chi connectivity index (χ1) is 15.2. The van der Waals surface area contributed by atoms with E-state index in [-0.39, 0.29) is 11.5 Å². The Hall–Kier alpha value is -2.12. The fourth-order valence-electron chi connectivity index (χ4n) is 4.78. The molecular formula is C24H27N3O2S2. The Labute approximate surface area is 190 Å². The Kier molecular flexibility index (Phi) is 6.14. The maximum atomic E-state index is 12.6. The molecule has 1 saturated heterocycles. The van der Waals surface area contributed by atoms with Gasteiger partial charge in [-0.05, 0) is 55.6 Å². The number of nitrogens with zero attached hydrogens (tertiary/aromatic N) is 2. The lowest BCUT2D eigenvalue weighted by molar-refractivity contribution is -0.129. The molecule has 5 rings (SSSR count). The zero-order valence-electron chi connectivity index (χ0n) is 17.6. The number of benzene rings is 1. The number of hydrogen-bond donors (Lipinski definition) is 1. The summed E-state index contributed by atoms with van der Waals surface area (Å²) in [6, 6.07) is 10.6. The molecule has 3 heterocycles. The average Bonchev–Trinajstić information content (AvgIpc) is 3.36. The molecule has 1 N–H and O–H groups in total. The van der Waals surface area contributed by atoms with Crippen LogP contribution < -0.4 is 5.56 Å². The van der Waals surface area contributed by atoms with Crippen LogP contribution in [0.1, 0.15) is 41.1 Å². The first-order valence-electron chi connectivity index (χ1n) is 11.1. The van der Waals surface area contributed by atoms with Gasteiger partial charge in [0.05, 0.1) is 16.9 Å². The van der Waals surface area contributed by atoms with E-state index < -0.39 is 0 Å². The van der Waals surface area contributed by atoms with Gasteiger partial charge in [0.2, 0.25) is 5.91 Å².